The van der Waals surface area contributed by atoms with Gasteiger partial charge in [-0.3, -0.25) is 14.4 Å². The lowest BCUT2D eigenvalue weighted by atomic mass is 9.83. The van der Waals surface area contributed by atoms with E-state index in [1.807, 2.05) is 67.6 Å². The molecule has 59 heavy (non-hydrogen) atoms. The van der Waals surface area contributed by atoms with Crippen molar-refractivity contribution in [3.63, 3.8) is 0 Å². The van der Waals surface area contributed by atoms with Crippen molar-refractivity contribution in [2.75, 3.05) is 24.4 Å². The number of ether oxygens (including phenoxy) is 2. The van der Waals surface area contributed by atoms with Crippen LogP contribution in [0.2, 0.25) is 0 Å². The summed E-state index contributed by atoms with van der Waals surface area (Å²) in [6.07, 6.45) is 3.96. The van der Waals surface area contributed by atoms with Gasteiger partial charge in [0.2, 0.25) is 5.91 Å². The Morgan fingerprint density at radius 2 is 1.53 bits per heavy atom. The molecule has 2 atom stereocenters. The van der Waals surface area contributed by atoms with Gasteiger partial charge in [0.1, 0.15) is 21.7 Å². The predicted octanol–water partition coefficient (Wildman–Crippen LogP) is 10.1. The number of thiophene rings is 1. The minimum absolute atomic E-state index is 0.0396. The highest BCUT2D eigenvalue weighted by molar-refractivity contribution is 8.00. The van der Waals surface area contributed by atoms with E-state index in [1.54, 1.807) is 72.8 Å². The normalized spacial score (nSPS) is 14.0. The zero-order chi connectivity index (χ0) is 41.1. The molecule has 1 aliphatic rings. The highest BCUT2D eigenvalue weighted by Gasteiger charge is 2.32. The van der Waals surface area contributed by atoms with Crippen molar-refractivity contribution in [2.45, 2.75) is 42.2 Å². The van der Waals surface area contributed by atoms with Crippen molar-refractivity contribution >= 4 is 63.6 Å². The monoisotopic (exact) mass is 821 g/mol. The molecule has 0 fully saturated rings. The molecular formula is C48H43N3O6S2. The molecule has 7 rings (SSSR count). The predicted molar refractivity (Wildman–Crippen MR) is 235 cm³/mol. The fourth-order valence-electron chi connectivity index (χ4n) is 7.00. The molecule has 3 N–H and O–H groups in total. The van der Waals surface area contributed by atoms with Crippen LogP contribution < -0.4 is 20.7 Å². The fourth-order valence-corrected chi connectivity index (χ4v) is 9.40. The smallest absolute Gasteiger partial charge is 0.341 e. The first kappa shape index (κ1) is 40.8. The minimum Gasteiger partial charge on any atom is -0.494 e. The van der Waals surface area contributed by atoms with Crippen LogP contribution in [0.3, 0.4) is 0 Å². The molecule has 1 heterocycles. The molecule has 5 aromatic carbocycles. The molecule has 6 aromatic rings. The van der Waals surface area contributed by atoms with Crippen LogP contribution in [0, 0.1) is 0 Å². The summed E-state index contributed by atoms with van der Waals surface area (Å²) >= 11 is 2.75. The second-order valence-corrected chi connectivity index (χ2v) is 16.1. The van der Waals surface area contributed by atoms with Crippen LogP contribution >= 0.6 is 23.1 Å². The summed E-state index contributed by atoms with van der Waals surface area (Å²) in [6.45, 7) is 2.42. The molecule has 11 heteroatoms. The second kappa shape index (κ2) is 19.3. The van der Waals surface area contributed by atoms with Crippen molar-refractivity contribution in [1.82, 2.24) is 5.32 Å². The van der Waals surface area contributed by atoms with Crippen LogP contribution in [0.15, 0.2) is 150 Å². The van der Waals surface area contributed by atoms with Gasteiger partial charge < -0.3 is 25.4 Å². The van der Waals surface area contributed by atoms with E-state index in [2.05, 4.69) is 28.1 Å². The summed E-state index contributed by atoms with van der Waals surface area (Å²) < 4.78 is 10.8. The molecule has 0 spiro atoms. The number of thioether (sulfide) groups is 1. The molecular weight excluding hydrogens is 779 g/mol. The van der Waals surface area contributed by atoms with E-state index >= 15 is 0 Å². The van der Waals surface area contributed by atoms with Gasteiger partial charge in [-0.25, -0.2) is 4.79 Å². The standard InChI is InChI=1S/C48H43N3O6S2/c1-3-57-37-25-22-31(23-26-37)28-40(50-44(52)34-18-11-6-12-19-34)45(53)49-36-20-13-21-38(30-36)58-43(33-16-9-5-10-17-33)46(54)51-47-42(48(55)56-2)39-27-24-35(29-41(39)59-47)32-14-7-4-8-15-32/h4-23,25-26,28,30,35,43H,3,24,27,29H2,1-2H3,(H,49,53)(H,50,52)(H,51,54)/b40-28+. The van der Waals surface area contributed by atoms with Crippen LogP contribution in [0.5, 0.6) is 5.75 Å². The second-order valence-electron chi connectivity index (χ2n) is 13.8. The van der Waals surface area contributed by atoms with E-state index in [0.717, 1.165) is 28.8 Å². The van der Waals surface area contributed by atoms with Crippen molar-refractivity contribution in [2.24, 2.45) is 0 Å². The highest BCUT2D eigenvalue weighted by Crippen LogP contribution is 2.44. The fraction of sp³-hybridized carbons (Fsp3) is 0.167. The molecule has 9 nitrogen and oxygen atoms in total. The molecule has 0 bridgehead atoms. The largest absolute Gasteiger partial charge is 0.494 e. The Bertz CT molecular complexity index is 2450. The third-order valence-electron chi connectivity index (χ3n) is 9.88. The number of nitrogens with one attached hydrogen (secondary N) is 3. The maximum Gasteiger partial charge on any atom is 0.341 e. The van der Waals surface area contributed by atoms with Crippen LogP contribution in [0.1, 0.15) is 72.4 Å². The number of amides is 3. The van der Waals surface area contributed by atoms with E-state index in [1.165, 1.54) is 35.8 Å². The van der Waals surface area contributed by atoms with Crippen molar-refractivity contribution in [3.05, 3.63) is 183 Å². The van der Waals surface area contributed by atoms with Gasteiger partial charge in [-0.05, 0) is 103 Å². The van der Waals surface area contributed by atoms with Gasteiger partial charge >= 0.3 is 5.97 Å². The summed E-state index contributed by atoms with van der Waals surface area (Å²) in [5.41, 5.74) is 4.97. The highest BCUT2D eigenvalue weighted by atomic mass is 32.2. The first-order valence-corrected chi connectivity index (χ1v) is 21.0. The van der Waals surface area contributed by atoms with E-state index in [9.17, 15) is 19.2 Å². The number of benzene rings is 5. The summed E-state index contributed by atoms with van der Waals surface area (Å²) in [7, 11) is 1.36. The van der Waals surface area contributed by atoms with Gasteiger partial charge in [-0.2, -0.15) is 0 Å². The summed E-state index contributed by atoms with van der Waals surface area (Å²) in [6, 6.07) is 42.9. The Morgan fingerprint density at radius 1 is 0.831 bits per heavy atom. The molecule has 1 aliphatic carbocycles. The minimum atomic E-state index is -0.718. The average molecular weight is 822 g/mol. The van der Waals surface area contributed by atoms with Gasteiger partial charge in [0.15, 0.2) is 0 Å². The summed E-state index contributed by atoms with van der Waals surface area (Å²) in [4.78, 5) is 56.5. The number of carbonyl (C=O) groups is 4. The number of hydrogen-bond acceptors (Lipinski definition) is 8. The topological polar surface area (TPSA) is 123 Å². The number of carbonyl (C=O) groups excluding carboxylic acids is 4. The van der Waals surface area contributed by atoms with Crippen molar-refractivity contribution in [1.29, 1.82) is 0 Å². The molecule has 0 aliphatic heterocycles. The summed E-state index contributed by atoms with van der Waals surface area (Å²) in [5, 5.41) is 8.59. The van der Waals surface area contributed by atoms with Gasteiger partial charge in [0.05, 0.1) is 19.3 Å². The van der Waals surface area contributed by atoms with Crippen LogP contribution in [-0.4, -0.2) is 37.4 Å². The Morgan fingerprint density at radius 3 is 2.22 bits per heavy atom. The zero-order valence-electron chi connectivity index (χ0n) is 32.6. The maximum absolute atomic E-state index is 14.4. The van der Waals surface area contributed by atoms with Crippen LogP contribution in [-0.2, 0) is 27.2 Å². The first-order valence-electron chi connectivity index (χ1n) is 19.3. The van der Waals surface area contributed by atoms with E-state index in [0.29, 0.717) is 57.0 Å². The van der Waals surface area contributed by atoms with Gasteiger partial charge in [0, 0.05) is 21.0 Å². The quantitative estimate of drug-likeness (QED) is 0.0568. The van der Waals surface area contributed by atoms with Gasteiger partial charge in [0.25, 0.3) is 11.8 Å². The molecule has 1 aromatic heterocycles. The van der Waals surface area contributed by atoms with E-state index in [-0.39, 0.29) is 11.6 Å². The number of rotatable bonds is 14. The number of methoxy groups -OCH3 is 1. The van der Waals surface area contributed by atoms with Crippen LogP contribution in [0.25, 0.3) is 6.08 Å². The number of fused-ring (bicyclic) bond motifs is 1. The maximum atomic E-state index is 14.4. The van der Waals surface area contributed by atoms with Gasteiger partial charge in [-0.15, -0.1) is 23.1 Å². The Labute approximate surface area is 351 Å². The van der Waals surface area contributed by atoms with Crippen molar-refractivity contribution < 1.29 is 28.7 Å². The third-order valence-corrected chi connectivity index (χ3v) is 12.3. The Balaban J connectivity index is 1.12. The Kier molecular flexibility index (Phi) is 13.4. The number of hydrogen-bond donors (Lipinski definition) is 3. The third kappa shape index (κ3) is 10.2. The summed E-state index contributed by atoms with van der Waals surface area (Å²) in [5.74, 6) is -0.736. The average Bonchev–Trinajstić information content (AvgIpc) is 3.63. The lowest BCUT2D eigenvalue weighted by Crippen LogP contribution is -2.30. The molecule has 2 unspecified atom stereocenters. The lowest BCUT2D eigenvalue weighted by Gasteiger charge is -2.22. The van der Waals surface area contributed by atoms with E-state index in [4.69, 9.17) is 9.47 Å². The molecule has 0 saturated heterocycles. The first-order chi connectivity index (χ1) is 28.8. The zero-order valence-corrected chi connectivity index (χ0v) is 34.2. The molecule has 0 radical (unpaired) electrons. The van der Waals surface area contributed by atoms with E-state index < -0.39 is 23.0 Å². The number of anilines is 2. The van der Waals surface area contributed by atoms with Gasteiger partial charge in [-0.1, -0.05) is 97.1 Å². The molecule has 298 valence electrons. The lowest BCUT2D eigenvalue weighted by molar-refractivity contribution is -0.116. The SMILES string of the molecule is CCOc1ccc(/C=C(/NC(=O)c2ccccc2)C(=O)Nc2cccc(SC(C(=O)Nc3sc4c(c3C(=O)OC)CCC(c3ccccc3)C4)c3ccccc3)c2)cc1. The van der Waals surface area contributed by atoms with Crippen molar-refractivity contribution in [3.8, 4) is 5.75 Å². The Hall–Kier alpha value is -6.43. The molecule has 3 amide bonds. The van der Waals surface area contributed by atoms with Crippen LogP contribution in [0.4, 0.5) is 10.7 Å². The number of esters is 1. The molecule has 0 saturated carbocycles.